The third-order valence-corrected chi connectivity index (χ3v) is 2.69. The molecular weight excluding hydrogens is 177 g/mol. The molecule has 4 heteroatoms. The summed E-state index contributed by atoms with van der Waals surface area (Å²) >= 11 is 0. The van der Waals surface area contributed by atoms with Crippen LogP contribution in [0.25, 0.3) is 0 Å². The van der Waals surface area contributed by atoms with Crippen molar-refractivity contribution in [2.75, 3.05) is 0 Å². The molecule has 0 saturated carbocycles. The molecule has 1 aliphatic heterocycles. The van der Waals surface area contributed by atoms with Crippen LogP contribution in [0.4, 0.5) is 0 Å². The highest BCUT2D eigenvalue weighted by molar-refractivity contribution is 6.48. The van der Waals surface area contributed by atoms with Crippen molar-refractivity contribution in [2.24, 2.45) is 0 Å². The summed E-state index contributed by atoms with van der Waals surface area (Å²) in [5, 5.41) is 3.14. The number of rotatable bonds is 2. The molecule has 1 fully saturated rings. The summed E-state index contributed by atoms with van der Waals surface area (Å²) in [7, 11) is 1.10. The van der Waals surface area contributed by atoms with Crippen molar-refractivity contribution in [1.82, 2.24) is 5.32 Å². The van der Waals surface area contributed by atoms with E-state index in [-0.39, 0.29) is 0 Å². The number of carbonyl (C=O) groups is 2. The molecule has 1 N–H and O–H groups in total. The summed E-state index contributed by atoms with van der Waals surface area (Å²) in [5.41, 5.74) is 0.462. The maximum absolute atomic E-state index is 11.4. The van der Waals surface area contributed by atoms with Crippen molar-refractivity contribution in [1.29, 1.82) is 0 Å². The van der Waals surface area contributed by atoms with Gasteiger partial charge < -0.3 is 5.32 Å². The predicted octanol–water partition coefficient (Wildman–Crippen LogP) is 0.143. The molecule has 0 radical (unpaired) electrons. The number of nitrogens with one attached hydrogen (secondary N) is 1. The van der Waals surface area contributed by atoms with Crippen LogP contribution in [0.5, 0.6) is 0 Å². The molecule has 1 heterocycles. The number of hydrogen-bond donors (Lipinski definition) is 1. The summed E-state index contributed by atoms with van der Waals surface area (Å²) in [6, 6.07) is 0. The maximum Gasteiger partial charge on any atom is 0.248 e. The summed E-state index contributed by atoms with van der Waals surface area (Å²) in [6.45, 7) is 0. The van der Waals surface area contributed by atoms with Gasteiger partial charge in [-0.1, -0.05) is 18.8 Å². The third kappa shape index (κ3) is 1.79. The lowest BCUT2D eigenvalue weighted by molar-refractivity contribution is -0.131. The Morgan fingerprint density at radius 3 is 3.00 bits per heavy atom. The lowest BCUT2D eigenvalue weighted by Crippen LogP contribution is -2.36. The second-order valence-electron chi connectivity index (χ2n) is 3.76. The zero-order valence-corrected chi connectivity index (χ0v) is 7.95. The Balaban J connectivity index is 2.03. The van der Waals surface area contributed by atoms with E-state index in [9.17, 15) is 9.59 Å². The monoisotopic (exact) mass is 189 g/mol. The molecule has 0 bridgehead atoms. The standard InChI is InChI=1S/C10H12BNO2/c13-8-4-1-3-7(10(8)14)12-9-5-2-6-11-9/h1,3-4,9,11-12H,2,5-6H2. The Kier molecular flexibility index (Phi) is 2.52. The van der Waals surface area contributed by atoms with Gasteiger partial charge in [0.25, 0.3) is 0 Å². The Bertz CT molecular complexity index is 327. The van der Waals surface area contributed by atoms with Crippen LogP contribution >= 0.6 is 0 Å². The van der Waals surface area contributed by atoms with E-state index in [1.165, 1.54) is 18.8 Å². The number of hydrogen-bond acceptors (Lipinski definition) is 3. The minimum atomic E-state index is -0.423. The smallest absolute Gasteiger partial charge is 0.248 e. The highest BCUT2D eigenvalue weighted by atomic mass is 16.2. The summed E-state index contributed by atoms with van der Waals surface area (Å²) < 4.78 is 0. The zero-order valence-electron chi connectivity index (χ0n) is 7.95. The lowest BCUT2D eigenvalue weighted by Gasteiger charge is -2.15. The van der Waals surface area contributed by atoms with Crippen molar-refractivity contribution in [3.63, 3.8) is 0 Å². The molecule has 2 rings (SSSR count). The zero-order chi connectivity index (χ0) is 9.97. The topological polar surface area (TPSA) is 46.2 Å². The quantitative estimate of drug-likeness (QED) is 0.382. The first-order chi connectivity index (χ1) is 6.77. The number of allylic oxidation sites excluding steroid dienone is 4. The summed E-state index contributed by atoms with van der Waals surface area (Å²) in [5.74, 6) is -0.447. The fraction of sp³-hybridized carbons (Fsp3) is 0.400. The van der Waals surface area contributed by atoms with Crippen LogP contribution in [-0.4, -0.2) is 24.8 Å². The van der Waals surface area contributed by atoms with Crippen LogP contribution in [0.1, 0.15) is 12.8 Å². The van der Waals surface area contributed by atoms with E-state index in [1.807, 2.05) is 0 Å². The van der Waals surface area contributed by atoms with E-state index >= 15 is 0 Å². The predicted molar refractivity (Wildman–Crippen MR) is 55.4 cm³/mol. The van der Waals surface area contributed by atoms with Crippen LogP contribution in [-0.2, 0) is 9.59 Å². The first kappa shape index (κ1) is 9.25. The maximum atomic E-state index is 11.4. The van der Waals surface area contributed by atoms with Crippen LogP contribution in [0.15, 0.2) is 23.9 Å². The average molecular weight is 189 g/mol. The Morgan fingerprint density at radius 2 is 2.29 bits per heavy atom. The molecule has 3 nitrogen and oxygen atoms in total. The van der Waals surface area contributed by atoms with Crippen molar-refractivity contribution >= 4 is 18.8 Å². The fourth-order valence-corrected chi connectivity index (χ4v) is 1.92. The second kappa shape index (κ2) is 3.82. The molecule has 0 spiro atoms. The third-order valence-electron chi connectivity index (χ3n) is 2.69. The van der Waals surface area contributed by atoms with E-state index in [4.69, 9.17) is 0 Å². The van der Waals surface area contributed by atoms with Gasteiger partial charge in [-0.15, -0.1) is 0 Å². The number of ketones is 2. The molecule has 1 atom stereocenters. The van der Waals surface area contributed by atoms with Crippen molar-refractivity contribution in [3.05, 3.63) is 23.9 Å². The van der Waals surface area contributed by atoms with Crippen molar-refractivity contribution in [2.45, 2.75) is 25.1 Å². The SMILES string of the molecule is O=C1C=CC=C(NC2BCCC2)C1=O. The Hall–Kier alpha value is -1.32. The van der Waals surface area contributed by atoms with Crippen LogP contribution in [0, 0.1) is 0 Å². The van der Waals surface area contributed by atoms with Crippen LogP contribution in [0.2, 0.25) is 6.32 Å². The van der Waals surface area contributed by atoms with Gasteiger partial charge in [0.15, 0.2) is 0 Å². The molecule has 0 aromatic heterocycles. The van der Waals surface area contributed by atoms with E-state index in [1.54, 1.807) is 12.2 Å². The van der Waals surface area contributed by atoms with Gasteiger partial charge in [0.2, 0.25) is 11.6 Å². The van der Waals surface area contributed by atoms with Gasteiger partial charge in [-0.05, 0) is 24.5 Å². The van der Waals surface area contributed by atoms with E-state index < -0.39 is 11.6 Å². The molecule has 14 heavy (non-hydrogen) atoms. The fourth-order valence-electron chi connectivity index (χ4n) is 1.92. The molecule has 1 saturated heterocycles. The average Bonchev–Trinajstić information content (AvgIpc) is 2.66. The van der Waals surface area contributed by atoms with Crippen molar-refractivity contribution < 1.29 is 9.59 Å². The van der Waals surface area contributed by atoms with Gasteiger partial charge >= 0.3 is 0 Å². The molecule has 2 aliphatic rings. The summed E-state index contributed by atoms with van der Waals surface area (Å²) in [6.07, 6.45) is 8.14. The van der Waals surface area contributed by atoms with E-state index in [2.05, 4.69) is 5.32 Å². The van der Waals surface area contributed by atoms with Gasteiger partial charge in [0, 0.05) is 0 Å². The summed E-state index contributed by atoms with van der Waals surface area (Å²) in [4.78, 5) is 22.4. The lowest BCUT2D eigenvalue weighted by atomic mass is 9.72. The minimum Gasteiger partial charge on any atom is -0.387 e. The van der Waals surface area contributed by atoms with Crippen LogP contribution in [0.3, 0.4) is 0 Å². The van der Waals surface area contributed by atoms with Crippen LogP contribution < -0.4 is 5.32 Å². The van der Waals surface area contributed by atoms with Gasteiger partial charge in [-0.3, -0.25) is 9.59 Å². The second-order valence-corrected chi connectivity index (χ2v) is 3.76. The molecule has 0 aromatic rings. The molecular formula is C10H12BNO2. The molecule has 1 unspecified atom stereocenters. The largest absolute Gasteiger partial charge is 0.387 e. The van der Waals surface area contributed by atoms with Crippen molar-refractivity contribution in [3.8, 4) is 0 Å². The first-order valence-electron chi connectivity index (χ1n) is 5.01. The highest BCUT2D eigenvalue weighted by Crippen LogP contribution is 2.13. The molecule has 72 valence electrons. The molecule has 1 aliphatic carbocycles. The van der Waals surface area contributed by atoms with Gasteiger partial charge in [-0.25, -0.2) is 0 Å². The minimum absolute atomic E-state index is 0.379. The number of Topliss-reactive ketones (excluding diaryl/α,β-unsaturated/α-hetero) is 1. The Morgan fingerprint density at radius 1 is 1.43 bits per heavy atom. The van der Waals surface area contributed by atoms with Gasteiger partial charge in [0.05, 0.1) is 5.70 Å². The molecule has 0 aromatic carbocycles. The normalized spacial score (nSPS) is 26.0. The van der Waals surface area contributed by atoms with Gasteiger partial charge in [0.1, 0.15) is 7.28 Å². The highest BCUT2D eigenvalue weighted by Gasteiger charge is 2.23. The van der Waals surface area contributed by atoms with E-state index in [0.29, 0.717) is 11.6 Å². The first-order valence-corrected chi connectivity index (χ1v) is 5.01. The van der Waals surface area contributed by atoms with E-state index in [0.717, 1.165) is 13.7 Å². The Labute approximate surface area is 83.5 Å². The van der Waals surface area contributed by atoms with Gasteiger partial charge in [-0.2, -0.15) is 0 Å². The molecule has 0 amide bonds. The number of carbonyl (C=O) groups excluding carboxylic acids is 2.